The van der Waals surface area contributed by atoms with Crippen molar-refractivity contribution in [2.45, 2.75) is 46.7 Å². The molecule has 2 rings (SSSR count). The van der Waals surface area contributed by atoms with Gasteiger partial charge in [0, 0.05) is 22.5 Å². The molecule has 1 aromatic carbocycles. The Morgan fingerprint density at radius 1 is 1.11 bits per heavy atom. The van der Waals surface area contributed by atoms with Crippen LogP contribution >= 0.6 is 11.3 Å². The third-order valence-corrected chi connectivity index (χ3v) is 4.18. The van der Waals surface area contributed by atoms with Crippen LogP contribution in [-0.2, 0) is 6.54 Å². The molecule has 0 atom stereocenters. The molecule has 0 amide bonds. The Bertz CT molecular complexity index is 547. The van der Waals surface area contributed by atoms with Crippen LogP contribution < -0.4 is 5.32 Å². The molecule has 0 fully saturated rings. The van der Waals surface area contributed by atoms with Crippen LogP contribution in [0.1, 0.15) is 36.9 Å². The Morgan fingerprint density at radius 3 is 2.32 bits per heavy atom. The van der Waals surface area contributed by atoms with E-state index in [-0.39, 0.29) is 5.54 Å². The summed E-state index contributed by atoms with van der Waals surface area (Å²) in [6.45, 7) is 11.6. The van der Waals surface area contributed by atoms with Gasteiger partial charge >= 0.3 is 0 Å². The van der Waals surface area contributed by atoms with Crippen molar-refractivity contribution in [2.24, 2.45) is 0 Å². The van der Waals surface area contributed by atoms with Crippen molar-refractivity contribution in [3.63, 3.8) is 0 Å². The van der Waals surface area contributed by atoms with Crippen molar-refractivity contribution in [1.29, 1.82) is 0 Å². The molecule has 0 unspecified atom stereocenters. The molecule has 0 radical (unpaired) electrons. The average molecular weight is 274 g/mol. The number of thiazole rings is 1. The lowest BCUT2D eigenvalue weighted by Crippen LogP contribution is -2.34. The molecule has 0 saturated carbocycles. The molecule has 0 saturated heterocycles. The lowest BCUT2D eigenvalue weighted by molar-refractivity contribution is 0.425. The number of benzene rings is 1. The zero-order chi connectivity index (χ0) is 14.0. The molecule has 0 bridgehead atoms. The van der Waals surface area contributed by atoms with Crippen molar-refractivity contribution in [3.8, 4) is 10.6 Å². The first-order valence-corrected chi connectivity index (χ1v) is 7.45. The van der Waals surface area contributed by atoms with E-state index in [4.69, 9.17) is 0 Å². The molecule has 0 aliphatic heterocycles. The van der Waals surface area contributed by atoms with E-state index in [1.165, 1.54) is 16.0 Å². The van der Waals surface area contributed by atoms with Crippen LogP contribution in [0.3, 0.4) is 0 Å². The van der Waals surface area contributed by atoms with Gasteiger partial charge in [-0.2, -0.15) is 0 Å². The normalized spacial score (nSPS) is 11.8. The summed E-state index contributed by atoms with van der Waals surface area (Å²) in [6.07, 6.45) is 0. The molecule has 1 heterocycles. The summed E-state index contributed by atoms with van der Waals surface area (Å²) in [4.78, 5) is 6.01. The van der Waals surface area contributed by atoms with E-state index in [1.54, 1.807) is 11.3 Å². The van der Waals surface area contributed by atoms with Crippen LogP contribution in [-0.4, -0.2) is 10.5 Å². The lowest BCUT2D eigenvalue weighted by atomic mass is 10.1. The maximum Gasteiger partial charge on any atom is 0.123 e. The van der Waals surface area contributed by atoms with Crippen LogP contribution in [0.5, 0.6) is 0 Å². The number of nitrogens with one attached hydrogen (secondary N) is 1. The number of rotatable bonds is 3. The smallest absolute Gasteiger partial charge is 0.123 e. The molecule has 19 heavy (non-hydrogen) atoms. The maximum atomic E-state index is 4.69. The van der Waals surface area contributed by atoms with Gasteiger partial charge in [0.05, 0.1) is 5.69 Å². The minimum atomic E-state index is 0.139. The molecule has 3 heteroatoms. The molecule has 2 aromatic rings. The van der Waals surface area contributed by atoms with Crippen LogP contribution in [0.25, 0.3) is 10.6 Å². The number of hydrogen-bond donors (Lipinski definition) is 1. The summed E-state index contributed by atoms with van der Waals surface area (Å²) in [6, 6.07) is 8.57. The van der Waals surface area contributed by atoms with E-state index in [0.717, 1.165) is 17.2 Å². The van der Waals surface area contributed by atoms with Crippen LogP contribution in [0, 0.1) is 13.8 Å². The predicted molar refractivity (Wildman–Crippen MR) is 83.6 cm³/mol. The molecule has 102 valence electrons. The number of hydrogen-bond acceptors (Lipinski definition) is 3. The van der Waals surface area contributed by atoms with Gasteiger partial charge < -0.3 is 5.32 Å². The SMILES string of the molecule is Cc1ccc(-c2nc(C)c(CNC(C)(C)C)s2)cc1. The second kappa shape index (κ2) is 5.43. The highest BCUT2D eigenvalue weighted by molar-refractivity contribution is 7.15. The first-order valence-electron chi connectivity index (χ1n) is 6.63. The van der Waals surface area contributed by atoms with Gasteiger partial charge in [-0.1, -0.05) is 29.8 Å². The second-order valence-corrected chi connectivity index (χ2v) is 7.08. The Kier molecular flexibility index (Phi) is 4.07. The van der Waals surface area contributed by atoms with Gasteiger partial charge in [-0.25, -0.2) is 4.98 Å². The van der Waals surface area contributed by atoms with Gasteiger partial charge in [-0.05, 0) is 34.6 Å². The molecule has 0 aliphatic rings. The summed E-state index contributed by atoms with van der Waals surface area (Å²) in [7, 11) is 0. The Balaban J connectivity index is 2.19. The van der Waals surface area contributed by atoms with Gasteiger partial charge in [0.2, 0.25) is 0 Å². The standard InChI is InChI=1S/C16H22N2S/c1-11-6-8-13(9-7-11)15-18-12(2)14(19-15)10-17-16(3,4)5/h6-9,17H,10H2,1-5H3. The molecule has 0 spiro atoms. The summed E-state index contributed by atoms with van der Waals surface area (Å²) >= 11 is 1.79. The van der Waals surface area contributed by atoms with E-state index < -0.39 is 0 Å². The van der Waals surface area contributed by atoms with Crippen LogP contribution in [0.2, 0.25) is 0 Å². The van der Waals surface area contributed by atoms with E-state index in [1.807, 2.05) is 0 Å². The highest BCUT2D eigenvalue weighted by Crippen LogP contribution is 2.28. The number of nitrogens with zero attached hydrogens (tertiary/aromatic N) is 1. The Morgan fingerprint density at radius 2 is 1.74 bits per heavy atom. The fourth-order valence-electron chi connectivity index (χ4n) is 1.76. The molecule has 1 aromatic heterocycles. The largest absolute Gasteiger partial charge is 0.307 e. The third-order valence-electron chi connectivity index (χ3n) is 2.97. The average Bonchev–Trinajstić information content (AvgIpc) is 2.68. The maximum absolute atomic E-state index is 4.69. The topological polar surface area (TPSA) is 24.9 Å². The number of aromatic nitrogens is 1. The minimum Gasteiger partial charge on any atom is -0.307 e. The van der Waals surface area contributed by atoms with Gasteiger partial charge in [0.25, 0.3) is 0 Å². The van der Waals surface area contributed by atoms with Crippen molar-refractivity contribution >= 4 is 11.3 Å². The van der Waals surface area contributed by atoms with E-state index in [9.17, 15) is 0 Å². The third kappa shape index (κ3) is 3.88. The first-order chi connectivity index (χ1) is 8.85. The zero-order valence-corrected chi connectivity index (χ0v) is 13.2. The van der Waals surface area contributed by atoms with Gasteiger partial charge in [-0.15, -0.1) is 11.3 Å². The van der Waals surface area contributed by atoms with E-state index in [0.29, 0.717) is 0 Å². The molecular formula is C16H22N2S. The summed E-state index contributed by atoms with van der Waals surface area (Å²) in [5.41, 5.74) is 3.77. The number of aryl methyl sites for hydroxylation is 2. The van der Waals surface area contributed by atoms with Crippen molar-refractivity contribution in [2.75, 3.05) is 0 Å². The summed E-state index contributed by atoms with van der Waals surface area (Å²) in [5.74, 6) is 0. The molecule has 0 aliphatic carbocycles. The van der Waals surface area contributed by atoms with E-state index in [2.05, 4.69) is 69.2 Å². The van der Waals surface area contributed by atoms with Gasteiger partial charge in [0.1, 0.15) is 5.01 Å². The lowest BCUT2D eigenvalue weighted by Gasteiger charge is -2.19. The quantitative estimate of drug-likeness (QED) is 0.902. The highest BCUT2D eigenvalue weighted by Gasteiger charge is 2.13. The molecule has 1 N–H and O–H groups in total. The predicted octanol–water partition coefficient (Wildman–Crippen LogP) is 4.32. The molecular weight excluding hydrogens is 252 g/mol. The molecule has 2 nitrogen and oxygen atoms in total. The summed E-state index contributed by atoms with van der Waals surface area (Å²) in [5, 5.41) is 4.64. The van der Waals surface area contributed by atoms with Crippen molar-refractivity contribution in [1.82, 2.24) is 10.3 Å². The Hall–Kier alpha value is -1.19. The Labute approximate surface area is 119 Å². The highest BCUT2D eigenvalue weighted by atomic mass is 32.1. The zero-order valence-electron chi connectivity index (χ0n) is 12.4. The van der Waals surface area contributed by atoms with Crippen LogP contribution in [0.4, 0.5) is 0 Å². The summed E-state index contributed by atoms with van der Waals surface area (Å²) < 4.78 is 0. The fourth-order valence-corrected chi connectivity index (χ4v) is 2.76. The van der Waals surface area contributed by atoms with Gasteiger partial charge in [0.15, 0.2) is 0 Å². The van der Waals surface area contributed by atoms with Crippen molar-refractivity contribution in [3.05, 3.63) is 40.4 Å². The van der Waals surface area contributed by atoms with Crippen LogP contribution in [0.15, 0.2) is 24.3 Å². The first kappa shape index (κ1) is 14.2. The monoisotopic (exact) mass is 274 g/mol. The van der Waals surface area contributed by atoms with Gasteiger partial charge in [-0.3, -0.25) is 0 Å². The minimum absolute atomic E-state index is 0.139. The fraction of sp³-hybridized carbons (Fsp3) is 0.438. The second-order valence-electron chi connectivity index (χ2n) is 6.00. The van der Waals surface area contributed by atoms with Crippen molar-refractivity contribution < 1.29 is 0 Å². The van der Waals surface area contributed by atoms with E-state index >= 15 is 0 Å².